The van der Waals surface area contributed by atoms with E-state index in [0.29, 0.717) is 5.76 Å². The van der Waals surface area contributed by atoms with Crippen LogP contribution in [0.3, 0.4) is 0 Å². The van der Waals surface area contributed by atoms with Crippen molar-refractivity contribution in [2.24, 2.45) is 0 Å². The molecule has 2 aromatic carbocycles. The number of benzene rings is 2. The molecule has 0 saturated carbocycles. The van der Waals surface area contributed by atoms with Crippen molar-refractivity contribution in [1.82, 2.24) is 10.6 Å². The molecule has 0 aliphatic rings. The molecular weight excluding hydrogens is 385 g/mol. The first-order chi connectivity index (χ1) is 14.5. The first-order valence-corrected chi connectivity index (χ1v) is 9.83. The Bertz CT molecular complexity index is 972. The van der Waals surface area contributed by atoms with E-state index in [1.807, 2.05) is 30.3 Å². The number of furan rings is 1. The number of urea groups is 1. The lowest BCUT2D eigenvalue weighted by molar-refractivity contribution is -0.676. The van der Waals surface area contributed by atoms with Crippen molar-refractivity contribution in [2.75, 3.05) is 6.54 Å². The number of carbonyl (C=O) groups excluding carboxylic acids is 2. The normalized spacial score (nSPS) is 11.7. The molecule has 0 unspecified atom stereocenters. The van der Waals surface area contributed by atoms with Gasteiger partial charge < -0.3 is 15.1 Å². The molecule has 0 aliphatic carbocycles. The molecule has 0 fully saturated rings. The second kappa shape index (κ2) is 10.4. The number of quaternary nitrogens is 1. The van der Waals surface area contributed by atoms with Gasteiger partial charge in [0, 0.05) is 11.1 Å². The summed E-state index contributed by atoms with van der Waals surface area (Å²) in [5.41, 5.74) is 2.89. The third-order valence-corrected chi connectivity index (χ3v) is 4.75. The number of hydrogen-bond donors (Lipinski definition) is 3. The number of aryl methyl sites for hydroxylation is 1. The first kappa shape index (κ1) is 21.3. The number of rotatable bonds is 8. The Morgan fingerprint density at radius 3 is 2.53 bits per heavy atom. The van der Waals surface area contributed by atoms with E-state index >= 15 is 0 Å². The Morgan fingerprint density at radius 1 is 1.07 bits per heavy atom. The molecular formula is C23H25FN3O3+. The van der Waals surface area contributed by atoms with E-state index in [-0.39, 0.29) is 24.9 Å². The number of hydrogen-bond acceptors (Lipinski definition) is 3. The van der Waals surface area contributed by atoms with Crippen molar-refractivity contribution in [3.8, 4) is 0 Å². The summed E-state index contributed by atoms with van der Waals surface area (Å²) >= 11 is 0. The van der Waals surface area contributed by atoms with Crippen LogP contribution in [0.15, 0.2) is 71.3 Å². The maximum Gasteiger partial charge on any atom is 0.321 e. The molecule has 156 valence electrons. The minimum atomic E-state index is -0.598. The van der Waals surface area contributed by atoms with Crippen LogP contribution in [0.2, 0.25) is 0 Å². The Labute approximate surface area is 174 Å². The summed E-state index contributed by atoms with van der Waals surface area (Å²) in [6.07, 6.45) is 2.43. The topological polar surface area (TPSA) is 88.0 Å². The second-order valence-electron chi connectivity index (χ2n) is 6.88. The highest BCUT2D eigenvalue weighted by Gasteiger charge is 2.20. The average Bonchev–Trinajstić information content (AvgIpc) is 3.27. The highest BCUT2D eigenvalue weighted by Crippen LogP contribution is 2.20. The van der Waals surface area contributed by atoms with E-state index in [9.17, 15) is 14.0 Å². The molecule has 0 spiro atoms. The number of imide groups is 1. The monoisotopic (exact) mass is 410 g/mol. The third kappa shape index (κ3) is 6.02. The van der Waals surface area contributed by atoms with Crippen molar-refractivity contribution >= 4 is 11.9 Å². The highest BCUT2D eigenvalue weighted by molar-refractivity contribution is 5.94. The maximum absolute atomic E-state index is 13.8. The van der Waals surface area contributed by atoms with Crippen LogP contribution in [0.4, 0.5) is 9.18 Å². The van der Waals surface area contributed by atoms with Gasteiger partial charge in [0.05, 0.1) is 12.8 Å². The molecule has 7 heteroatoms. The molecule has 0 radical (unpaired) electrons. The van der Waals surface area contributed by atoms with E-state index in [1.165, 1.54) is 24.0 Å². The molecule has 3 aromatic rings. The largest absolute Gasteiger partial charge is 0.467 e. The van der Waals surface area contributed by atoms with Gasteiger partial charge in [0.1, 0.15) is 17.6 Å². The molecule has 1 heterocycles. The molecule has 0 aliphatic heterocycles. The summed E-state index contributed by atoms with van der Waals surface area (Å²) in [5, 5.41) is 6.64. The van der Waals surface area contributed by atoms with Gasteiger partial charge in [-0.1, -0.05) is 43.3 Å². The lowest BCUT2D eigenvalue weighted by Crippen LogP contribution is -2.88. The maximum atomic E-state index is 13.8. The molecule has 6 nitrogen and oxygen atoms in total. The average molecular weight is 410 g/mol. The number of halogens is 1. The molecule has 1 atom stereocenters. The minimum absolute atomic E-state index is 0.00484. The van der Waals surface area contributed by atoms with Gasteiger partial charge in [-0.2, -0.15) is 0 Å². The lowest BCUT2D eigenvalue weighted by atomic mass is 9.97. The summed E-state index contributed by atoms with van der Waals surface area (Å²) in [6, 6.07) is 16.9. The van der Waals surface area contributed by atoms with Crippen molar-refractivity contribution in [3.05, 3.63) is 95.2 Å². The molecule has 30 heavy (non-hydrogen) atoms. The number of nitrogens with one attached hydrogen (secondary N) is 2. The molecule has 0 saturated heterocycles. The Kier molecular flexibility index (Phi) is 7.34. The van der Waals surface area contributed by atoms with E-state index in [2.05, 4.69) is 17.6 Å². The van der Waals surface area contributed by atoms with Gasteiger partial charge in [-0.3, -0.25) is 10.1 Å². The smallest absolute Gasteiger partial charge is 0.321 e. The zero-order chi connectivity index (χ0) is 21.3. The first-order valence-electron chi connectivity index (χ1n) is 9.83. The van der Waals surface area contributed by atoms with Crippen LogP contribution in [-0.4, -0.2) is 18.5 Å². The minimum Gasteiger partial charge on any atom is -0.467 e. The Balaban J connectivity index is 1.62. The van der Waals surface area contributed by atoms with Crippen LogP contribution in [0.5, 0.6) is 0 Å². The number of nitrogens with two attached hydrogens (primary N) is 1. The third-order valence-electron chi connectivity index (χ3n) is 4.75. The molecule has 3 amide bonds. The van der Waals surface area contributed by atoms with Crippen molar-refractivity contribution in [3.63, 3.8) is 0 Å². The zero-order valence-corrected chi connectivity index (χ0v) is 16.7. The van der Waals surface area contributed by atoms with Crippen LogP contribution in [-0.2, 0) is 17.8 Å². The van der Waals surface area contributed by atoms with Crippen molar-refractivity contribution in [2.45, 2.75) is 25.9 Å². The van der Waals surface area contributed by atoms with Crippen LogP contribution >= 0.6 is 0 Å². The van der Waals surface area contributed by atoms with E-state index in [0.717, 1.165) is 17.5 Å². The number of amides is 3. The summed E-state index contributed by atoms with van der Waals surface area (Å²) in [7, 11) is 0. The van der Waals surface area contributed by atoms with Gasteiger partial charge in [0.15, 0.2) is 6.54 Å². The van der Waals surface area contributed by atoms with E-state index < -0.39 is 11.9 Å². The lowest BCUT2D eigenvalue weighted by Gasteiger charge is -2.17. The van der Waals surface area contributed by atoms with Gasteiger partial charge in [-0.05, 0) is 36.2 Å². The standard InChI is InChI=1S/C23H24FN3O3/c1-2-16-8-10-17(11-9-16)22(18-5-3-6-19(24)13-18)25-15-21(28)27-23(29)26-14-20-7-4-12-30-20/h3-13,22,25H,2,14-15H2,1H3,(H2,26,27,28,29)/p+1/t22-/m0/s1. The fraction of sp³-hybridized carbons (Fsp3) is 0.217. The predicted molar refractivity (Wildman–Crippen MR) is 110 cm³/mol. The molecule has 3 rings (SSSR count). The Morgan fingerprint density at radius 2 is 1.87 bits per heavy atom. The quantitative estimate of drug-likeness (QED) is 0.534. The predicted octanol–water partition coefficient (Wildman–Crippen LogP) is 2.66. The fourth-order valence-corrected chi connectivity index (χ4v) is 3.15. The van der Waals surface area contributed by atoms with Gasteiger partial charge >= 0.3 is 6.03 Å². The van der Waals surface area contributed by atoms with Crippen LogP contribution in [0.25, 0.3) is 0 Å². The summed E-state index contributed by atoms with van der Waals surface area (Å²) in [4.78, 5) is 24.1. The van der Waals surface area contributed by atoms with Crippen LogP contribution in [0.1, 0.15) is 35.4 Å². The van der Waals surface area contributed by atoms with E-state index in [1.54, 1.807) is 23.5 Å². The van der Waals surface area contributed by atoms with Crippen molar-refractivity contribution in [1.29, 1.82) is 0 Å². The Hall–Kier alpha value is -3.45. The highest BCUT2D eigenvalue weighted by atomic mass is 19.1. The summed E-state index contributed by atoms with van der Waals surface area (Å²) in [6.45, 7) is 2.27. The summed E-state index contributed by atoms with van der Waals surface area (Å²) in [5.74, 6) is -0.192. The van der Waals surface area contributed by atoms with Gasteiger partial charge in [0.2, 0.25) is 0 Å². The zero-order valence-electron chi connectivity index (χ0n) is 16.7. The van der Waals surface area contributed by atoms with Crippen LogP contribution in [0, 0.1) is 5.82 Å². The van der Waals surface area contributed by atoms with Gasteiger partial charge in [-0.15, -0.1) is 0 Å². The second-order valence-corrected chi connectivity index (χ2v) is 6.88. The molecule has 4 N–H and O–H groups in total. The molecule has 1 aromatic heterocycles. The number of carbonyl (C=O) groups is 2. The van der Waals surface area contributed by atoms with Crippen molar-refractivity contribution < 1.29 is 23.7 Å². The summed E-state index contributed by atoms with van der Waals surface area (Å²) < 4.78 is 18.9. The van der Waals surface area contributed by atoms with Gasteiger partial charge in [0.25, 0.3) is 5.91 Å². The fourth-order valence-electron chi connectivity index (χ4n) is 3.15. The SMILES string of the molecule is CCc1ccc([C@H]([NH2+]CC(=O)NC(=O)NCc2ccco2)c2cccc(F)c2)cc1. The van der Waals surface area contributed by atoms with E-state index in [4.69, 9.17) is 4.42 Å². The van der Waals surface area contributed by atoms with Gasteiger partial charge in [-0.25, -0.2) is 9.18 Å². The van der Waals surface area contributed by atoms with Crippen LogP contribution < -0.4 is 16.0 Å². The molecule has 0 bridgehead atoms.